The molecule has 1 saturated carbocycles. The molecule has 1 unspecified atom stereocenters. The molecule has 1 saturated heterocycles. The lowest BCUT2D eigenvalue weighted by Gasteiger charge is -2.43. The SMILES string of the molecule is CCN/C(CC)=C(\C(=O)N(CC=O)N(C)C(N)C1CCC1)N1CCN(C)CC1. The van der Waals surface area contributed by atoms with E-state index in [1.807, 2.05) is 14.0 Å². The van der Waals surface area contributed by atoms with Crippen molar-refractivity contribution in [3.63, 3.8) is 0 Å². The molecule has 0 aromatic carbocycles. The predicted molar refractivity (Wildman–Crippen MR) is 111 cm³/mol. The molecule has 0 radical (unpaired) electrons. The van der Waals surface area contributed by atoms with E-state index in [0.29, 0.717) is 11.6 Å². The van der Waals surface area contributed by atoms with Gasteiger partial charge in [-0.1, -0.05) is 13.3 Å². The summed E-state index contributed by atoms with van der Waals surface area (Å²) in [4.78, 5) is 29.5. The van der Waals surface area contributed by atoms with Gasteiger partial charge in [-0.3, -0.25) is 9.80 Å². The van der Waals surface area contributed by atoms with Crippen molar-refractivity contribution >= 4 is 12.2 Å². The molecule has 1 aliphatic heterocycles. The van der Waals surface area contributed by atoms with Crippen molar-refractivity contribution in [1.29, 1.82) is 0 Å². The zero-order valence-electron chi connectivity index (χ0n) is 18.0. The molecule has 1 heterocycles. The van der Waals surface area contributed by atoms with Gasteiger partial charge in [0.1, 0.15) is 12.0 Å². The molecule has 8 heteroatoms. The Morgan fingerprint density at radius 2 is 1.89 bits per heavy atom. The smallest absolute Gasteiger partial charge is 0.286 e. The van der Waals surface area contributed by atoms with Crippen molar-refractivity contribution in [2.45, 2.75) is 45.7 Å². The minimum absolute atomic E-state index is 0.0100. The van der Waals surface area contributed by atoms with Gasteiger partial charge in [0.25, 0.3) is 5.91 Å². The van der Waals surface area contributed by atoms with Gasteiger partial charge in [0.15, 0.2) is 0 Å². The first-order valence-corrected chi connectivity index (χ1v) is 10.6. The number of nitrogens with zero attached hydrogens (tertiary/aromatic N) is 4. The number of aldehydes is 1. The monoisotopic (exact) mass is 394 g/mol. The second-order valence-electron chi connectivity index (χ2n) is 7.81. The molecule has 2 aliphatic rings. The third-order valence-electron chi connectivity index (χ3n) is 5.98. The van der Waals surface area contributed by atoms with E-state index in [9.17, 15) is 9.59 Å². The summed E-state index contributed by atoms with van der Waals surface area (Å²) in [5.41, 5.74) is 8.02. The summed E-state index contributed by atoms with van der Waals surface area (Å²) in [5.74, 6) is 0.231. The quantitative estimate of drug-likeness (QED) is 0.240. The number of rotatable bonds is 10. The number of carbonyl (C=O) groups excluding carboxylic acids is 2. The van der Waals surface area contributed by atoms with Crippen LogP contribution in [0.25, 0.3) is 0 Å². The molecule has 1 atom stereocenters. The summed E-state index contributed by atoms with van der Waals surface area (Å²) >= 11 is 0. The second kappa shape index (κ2) is 10.8. The van der Waals surface area contributed by atoms with Crippen LogP contribution in [-0.4, -0.2) is 91.5 Å². The van der Waals surface area contributed by atoms with E-state index in [2.05, 4.69) is 29.1 Å². The number of nitrogens with one attached hydrogen (secondary N) is 1. The standard InChI is InChI=1S/C20H38N6O2/c1-5-17(22-6-2)18(25-12-10-23(3)11-13-25)20(28)26(14-15-27)24(4)19(21)16-8-7-9-16/h15-16,19,22H,5-14,21H2,1-4H3/b18-17+. The van der Waals surface area contributed by atoms with E-state index in [1.165, 1.54) is 11.4 Å². The maximum atomic E-state index is 13.7. The fourth-order valence-electron chi connectivity index (χ4n) is 3.87. The Hall–Kier alpha value is -1.64. The molecule has 0 bridgehead atoms. The van der Waals surface area contributed by atoms with E-state index >= 15 is 0 Å². The minimum atomic E-state index is -0.254. The molecule has 1 aliphatic carbocycles. The Labute approximate surface area is 169 Å². The van der Waals surface area contributed by atoms with Crippen LogP contribution in [0.3, 0.4) is 0 Å². The number of hydrazine groups is 1. The molecule has 1 amide bonds. The van der Waals surface area contributed by atoms with Crippen molar-refractivity contribution in [3.05, 3.63) is 11.4 Å². The van der Waals surface area contributed by atoms with Crippen LogP contribution >= 0.6 is 0 Å². The third-order valence-corrected chi connectivity index (χ3v) is 5.98. The van der Waals surface area contributed by atoms with Gasteiger partial charge in [0.2, 0.25) is 0 Å². The number of amides is 1. The molecular weight excluding hydrogens is 356 g/mol. The van der Waals surface area contributed by atoms with Crippen molar-refractivity contribution < 1.29 is 9.59 Å². The molecule has 28 heavy (non-hydrogen) atoms. The van der Waals surface area contributed by atoms with Gasteiger partial charge in [0.05, 0.1) is 12.7 Å². The average molecular weight is 395 g/mol. The van der Waals surface area contributed by atoms with Gasteiger partial charge >= 0.3 is 0 Å². The van der Waals surface area contributed by atoms with Gasteiger partial charge in [0, 0.05) is 45.5 Å². The fraction of sp³-hybridized carbons (Fsp3) is 0.800. The lowest BCUT2D eigenvalue weighted by molar-refractivity contribution is -0.153. The third kappa shape index (κ3) is 5.24. The Kier molecular flexibility index (Phi) is 8.72. The number of hydrogen-bond acceptors (Lipinski definition) is 7. The molecule has 3 N–H and O–H groups in total. The van der Waals surface area contributed by atoms with Crippen molar-refractivity contribution in [2.24, 2.45) is 11.7 Å². The van der Waals surface area contributed by atoms with Crippen LogP contribution in [0.4, 0.5) is 0 Å². The van der Waals surface area contributed by atoms with Gasteiger partial charge in [-0.15, -0.1) is 0 Å². The van der Waals surface area contributed by atoms with Crippen LogP contribution in [0, 0.1) is 5.92 Å². The highest BCUT2D eigenvalue weighted by atomic mass is 16.2. The summed E-state index contributed by atoms with van der Waals surface area (Å²) in [6.45, 7) is 8.24. The van der Waals surface area contributed by atoms with E-state index < -0.39 is 0 Å². The van der Waals surface area contributed by atoms with Gasteiger partial charge < -0.3 is 25.6 Å². The van der Waals surface area contributed by atoms with Crippen molar-refractivity contribution in [3.8, 4) is 0 Å². The molecule has 0 aromatic rings. The summed E-state index contributed by atoms with van der Waals surface area (Å²) in [7, 11) is 3.92. The predicted octanol–water partition coefficient (Wildman–Crippen LogP) is 0.424. The number of nitrogens with two attached hydrogens (primary N) is 1. The molecule has 2 rings (SSSR count). The number of piperazine rings is 1. The van der Waals surface area contributed by atoms with Crippen molar-refractivity contribution in [2.75, 3.05) is 53.4 Å². The number of likely N-dealkylation sites (N-methyl/N-ethyl adjacent to an activating group) is 1. The van der Waals surface area contributed by atoms with Crippen LogP contribution < -0.4 is 11.1 Å². The molecule has 160 valence electrons. The number of allylic oxidation sites excluding steroid dienone is 1. The van der Waals surface area contributed by atoms with Crippen LogP contribution in [0.5, 0.6) is 0 Å². The minimum Gasteiger partial charge on any atom is -0.387 e. The van der Waals surface area contributed by atoms with E-state index in [4.69, 9.17) is 5.73 Å². The lowest BCUT2D eigenvalue weighted by atomic mass is 9.83. The summed E-state index contributed by atoms with van der Waals surface area (Å²) in [5, 5.41) is 6.67. The molecule has 0 aromatic heterocycles. The van der Waals surface area contributed by atoms with Gasteiger partial charge in [-0.25, -0.2) is 5.01 Å². The molecule has 8 nitrogen and oxygen atoms in total. The average Bonchev–Trinajstić information content (AvgIpc) is 2.64. The first-order valence-electron chi connectivity index (χ1n) is 10.6. The van der Waals surface area contributed by atoms with E-state index in [-0.39, 0.29) is 18.6 Å². The largest absolute Gasteiger partial charge is 0.387 e. The van der Waals surface area contributed by atoms with Crippen molar-refractivity contribution in [1.82, 2.24) is 25.1 Å². The van der Waals surface area contributed by atoms with Crippen LogP contribution in [0.15, 0.2) is 11.4 Å². The van der Waals surface area contributed by atoms with E-state index in [1.54, 1.807) is 5.01 Å². The first-order chi connectivity index (χ1) is 13.4. The van der Waals surface area contributed by atoms with E-state index in [0.717, 1.165) is 64.0 Å². The molecule has 2 fully saturated rings. The molecular formula is C20H38N6O2. The topological polar surface area (TPSA) is 85.1 Å². The first kappa shape index (κ1) is 22.6. The lowest BCUT2D eigenvalue weighted by Crippen LogP contribution is -2.59. The van der Waals surface area contributed by atoms with Gasteiger partial charge in [-0.2, -0.15) is 0 Å². The number of hydrogen-bond donors (Lipinski definition) is 2. The number of carbonyl (C=O) groups is 2. The Morgan fingerprint density at radius 1 is 1.25 bits per heavy atom. The maximum absolute atomic E-state index is 13.7. The Bertz CT molecular complexity index is 555. The Balaban J connectivity index is 2.31. The highest BCUT2D eigenvalue weighted by Crippen LogP contribution is 2.30. The summed E-state index contributed by atoms with van der Waals surface area (Å²) < 4.78 is 0. The Morgan fingerprint density at radius 3 is 2.36 bits per heavy atom. The van der Waals surface area contributed by atoms with Crippen LogP contribution in [-0.2, 0) is 9.59 Å². The second-order valence-corrected chi connectivity index (χ2v) is 7.81. The highest BCUT2D eigenvalue weighted by Gasteiger charge is 2.35. The molecule has 0 spiro atoms. The van der Waals surface area contributed by atoms with Crippen LogP contribution in [0.2, 0.25) is 0 Å². The maximum Gasteiger partial charge on any atom is 0.286 e. The highest BCUT2D eigenvalue weighted by molar-refractivity contribution is 5.94. The van der Waals surface area contributed by atoms with Crippen LogP contribution in [0.1, 0.15) is 39.5 Å². The zero-order valence-corrected chi connectivity index (χ0v) is 18.0. The van der Waals surface area contributed by atoms with Gasteiger partial charge in [-0.05, 0) is 39.2 Å². The summed E-state index contributed by atoms with van der Waals surface area (Å²) in [6, 6.07) is 0. The zero-order chi connectivity index (χ0) is 20.7. The normalized spacial score (nSPS) is 20.4. The summed E-state index contributed by atoms with van der Waals surface area (Å²) in [6.07, 6.45) is 4.59. The fourth-order valence-corrected chi connectivity index (χ4v) is 3.87.